The molecule has 4 aromatic carbocycles. The van der Waals surface area contributed by atoms with Crippen molar-refractivity contribution in [3.8, 4) is 11.3 Å². The molecule has 0 saturated carbocycles. The van der Waals surface area contributed by atoms with Crippen LogP contribution in [-0.4, -0.2) is 22.9 Å². The van der Waals surface area contributed by atoms with Gasteiger partial charge in [0.15, 0.2) is 0 Å². The number of amides is 1. The second kappa shape index (κ2) is 9.33. The van der Waals surface area contributed by atoms with Gasteiger partial charge in [-0.1, -0.05) is 60.1 Å². The van der Waals surface area contributed by atoms with E-state index in [0.29, 0.717) is 16.5 Å². The Morgan fingerprint density at radius 3 is 2.21 bits per heavy atom. The van der Waals surface area contributed by atoms with E-state index >= 15 is 0 Å². The van der Waals surface area contributed by atoms with Crippen LogP contribution in [0.2, 0.25) is 5.02 Å². The second-order valence-electron chi connectivity index (χ2n) is 7.83. The van der Waals surface area contributed by atoms with Crippen molar-refractivity contribution >= 4 is 45.7 Å². The molecule has 166 valence electrons. The molecule has 5 rings (SSSR count). The molecule has 1 aromatic heterocycles. The maximum Gasteiger partial charge on any atom is 0.258 e. The second-order valence-corrected chi connectivity index (χ2v) is 8.26. The molecular formula is C28H21ClN4O. The molecular weight excluding hydrogens is 444 g/mol. The number of rotatable bonds is 5. The zero-order valence-electron chi connectivity index (χ0n) is 18.4. The number of benzene rings is 4. The third-order valence-electron chi connectivity index (χ3n) is 5.54. The smallest absolute Gasteiger partial charge is 0.258 e. The van der Waals surface area contributed by atoms with Crippen molar-refractivity contribution in [2.45, 2.75) is 0 Å². The minimum absolute atomic E-state index is 0.0806. The Bertz CT molecular complexity index is 1460. The third-order valence-corrected chi connectivity index (χ3v) is 5.78. The lowest BCUT2D eigenvalue weighted by Gasteiger charge is -2.17. The van der Waals surface area contributed by atoms with Crippen LogP contribution in [0.1, 0.15) is 10.4 Å². The van der Waals surface area contributed by atoms with Crippen molar-refractivity contribution in [3.63, 3.8) is 0 Å². The normalized spacial score (nSPS) is 10.8. The van der Waals surface area contributed by atoms with Gasteiger partial charge in [0.05, 0.1) is 11.2 Å². The third kappa shape index (κ3) is 4.47. The first-order valence-corrected chi connectivity index (χ1v) is 11.2. The van der Waals surface area contributed by atoms with Gasteiger partial charge in [0.2, 0.25) is 5.95 Å². The minimum Gasteiger partial charge on any atom is -0.324 e. The van der Waals surface area contributed by atoms with Gasteiger partial charge >= 0.3 is 0 Å². The first kappa shape index (κ1) is 21.6. The average Bonchev–Trinajstić information content (AvgIpc) is 2.89. The highest BCUT2D eigenvalue weighted by molar-refractivity contribution is 6.31. The van der Waals surface area contributed by atoms with E-state index in [1.807, 2.05) is 91.0 Å². The Morgan fingerprint density at radius 2 is 1.50 bits per heavy atom. The summed E-state index contributed by atoms with van der Waals surface area (Å²) in [5.74, 6) is 0.386. The molecule has 1 N–H and O–H groups in total. The summed E-state index contributed by atoms with van der Waals surface area (Å²) in [5.41, 5.74) is 4.78. The lowest BCUT2D eigenvalue weighted by molar-refractivity contribution is 0.0993. The van der Waals surface area contributed by atoms with E-state index in [0.717, 1.165) is 33.5 Å². The fraction of sp³-hybridized carbons (Fsp3) is 0.0357. The van der Waals surface area contributed by atoms with Crippen molar-refractivity contribution in [3.05, 3.63) is 114 Å². The summed E-state index contributed by atoms with van der Waals surface area (Å²) >= 11 is 6.25. The minimum atomic E-state index is -0.0806. The van der Waals surface area contributed by atoms with Crippen LogP contribution >= 0.6 is 11.6 Å². The van der Waals surface area contributed by atoms with Gasteiger partial charge in [0.25, 0.3) is 5.91 Å². The maximum absolute atomic E-state index is 12.9. The number of fused-ring (bicyclic) bond motifs is 1. The quantitative estimate of drug-likeness (QED) is 0.305. The summed E-state index contributed by atoms with van der Waals surface area (Å²) in [6.07, 6.45) is 0. The molecule has 1 heterocycles. The highest BCUT2D eigenvalue weighted by atomic mass is 35.5. The van der Waals surface area contributed by atoms with Crippen molar-refractivity contribution < 1.29 is 4.79 Å². The highest BCUT2D eigenvalue weighted by Gasteiger charge is 2.14. The topological polar surface area (TPSA) is 58.1 Å². The average molecular weight is 465 g/mol. The van der Waals surface area contributed by atoms with Crippen molar-refractivity contribution in [1.82, 2.24) is 9.97 Å². The number of carbonyl (C=O) groups is 1. The van der Waals surface area contributed by atoms with Gasteiger partial charge in [-0.3, -0.25) is 4.79 Å². The molecule has 1 amide bonds. The molecule has 0 unspecified atom stereocenters. The molecule has 0 aliphatic carbocycles. The zero-order chi connectivity index (χ0) is 23.5. The number of anilines is 3. The molecule has 0 saturated heterocycles. The number of hydrogen-bond acceptors (Lipinski definition) is 4. The lowest BCUT2D eigenvalue weighted by Crippen LogP contribution is -2.26. The maximum atomic E-state index is 12.9. The van der Waals surface area contributed by atoms with E-state index in [4.69, 9.17) is 16.6 Å². The van der Waals surface area contributed by atoms with E-state index < -0.39 is 0 Å². The van der Waals surface area contributed by atoms with Gasteiger partial charge in [-0.05, 0) is 54.6 Å². The van der Waals surface area contributed by atoms with Gasteiger partial charge in [0.1, 0.15) is 0 Å². The fourth-order valence-corrected chi connectivity index (χ4v) is 3.93. The largest absolute Gasteiger partial charge is 0.324 e. The van der Waals surface area contributed by atoms with Crippen LogP contribution in [0.25, 0.3) is 22.2 Å². The highest BCUT2D eigenvalue weighted by Crippen LogP contribution is 2.30. The molecule has 5 nitrogen and oxygen atoms in total. The standard InChI is InChI=1S/C28H21ClN4O/c1-33(23-10-6-3-7-11-23)27(34)20-12-15-22(16-13-20)30-28-31-25-17-14-21(29)18-24(25)26(32-28)19-8-4-2-5-9-19/h2-18H,1H3,(H,30,31,32). The van der Waals surface area contributed by atoms with Crippen LogP contribution in [0.3, 0.4) is 0 Å². The Labute approximate surface area is 202 Å². The van der Waals surface area contributed by atoms with E-state index in [2.05, 4.69) is 10.3 Å². The number of nitrogens with zero attached hydrogens (tertiary/aromatic N) is 3. The number of para-hydroxylation sites is 1. The van der Waals surface area contributed by atoms with Crippen LogP contribution in [0.15, 0.2) is 103 Å². The summed E-state index contributed by atoms with van der Waals surface area (Å²) in [7, 11) is 1.77. The van der Waals surface area contributed by atoms with E-state index in [1.54, 1.807) is 24.1 Å². The molecule has 5 aromatic rings. The monoisotopic (exact) mass is 464 g/mol. The van der Waals surface area contributed by atoms with Crippen molar-refractivity contribution in [2.75, 3.05) is 17.3 Å². The fourth-order valence-electron chi connectivity index (χ4n) is 3.76. The van der Waals surface area contributed by atoms with Crippen LogP contribution in [0.5, 0.6) is 0 Å². The predicted molar refractivity (Wildman–Crippen MR) is 139 cm³/mol. The van der Waals surface area contributed by atoms with Crippen LogP contribution in [-0.2, 0) is 0 Å². The van der Waals surface area contributed by atoms with Crippen LogP contribution in [0, 0.1) is 0 Å². The van der Waals surface area contributed by atoms with Gasteiger partial charge in [0, 0.05) is 40.0 Å². The van der Waals surface area contributed by atoms with Gasteiger partial charge < -0.3 is 10.2 Å². The molecule has 0 bridgehead atoms. The van der Waals surface area contributed by atoms with E-state index in [9.17, 15) is 4.79 Å². The zero-order valence-corrected chi connectivity index (χ0v) is 19.2. The number of nitrogens with one attached hydrogen (secondary N) is 1. The molecule has 0 spiro atoms. The van der Waals surface area contributed by atoms with Gasteiger partial charge in [-0.25, -0.2) is 9.97 Å². The van der Waals surface area contributed by atoms with Crippen molar-refractivity contribution in [2.24, 2.45) is 0 Å². The SMILES string of the molecule is CN(C(=O)c1ccc(Nc2nc(-c3ccccc3)c3cc(Cl)ccc3n2)cc1)c1ccccc1. The first-order valence-electron chi connectivity index (χ1n) is 10.8. The number of hydrogen-bond donors (Lipinski definition) is 1. The Kier molecular flexibility index (Phi) is 5.93. The van der Waals surface area contributed by atoms with Crippen molar-refractivity contribution in [1.29, 1.82) is 0 Å². The molecule has 6 heteroatoms. The van der Waals surface area contributed by atoms with Crippen LogP contribution in [0.4, 0.5) is 17.3 Å². The molecule has 0 atom stereocenters. The molecule has 0 fully saturated rings. The molecule has 34 heavy (non-hydrogen) atoms. The molecule has 0 aliphatic rings. The Balaban J connectivity index is 1.43. The first-order chi connectivity index (χ1) is 16.6. The van der Waals surface area contributed by atoms with Gasteiger partial charge in [-0.15, -0.1) is 0 Å². The van der Waals surface area contributed by atoms with Crippen LogP contribution < -0.4 is 10.2 Å². The number of carbonyl (C=O) groups excluding carboxylic acids is 1. The van der Waals surface area contributed by atoms with Gasteiger partial charge in [-0.2, -0.15) is 0 Å². The summed E-state index contributed by atoms with van der Waals surface area (Å²) in [6, 6.07) is 32.4. The summed E-state index contributed by atoms with van der Waals surface area (Å²) in [6.45, 7) is 0. The predicted octanol–water partition coefficient (Wildman–Crippen LogP) is 6.97. The summed E-state index contributed by atoms with van der Waals surface area (Å²) in [4.78, 5) is 23.9. The summed E-state index contributed by atoms with van der Waals surface area (Å²) < 4.78 is 0. The number of aromatic nitrogens is 2. The molecule has 0 radical (unpaired) electrons. The van der Waals surface area contributed by atoms with E-state index in [1.165, 1.54) is 0 Å². The number of halogens is 1. The van der Waals surface area contributed by atoms with E-state index in [-0.39, 0.29) is 5.91 Å². The summed E-state index contributed by atoms with van der Waals surface area (Å²) in [5, 5.41) is 4.79. The Morgan fingerprint density at radius 1 is 0.824 bits per heavy atom. The lowest BCUT2D eigenvalue weighted by atomic mass is 10.1. The Hall–Kier alpha value is -4.22. The molecule has 0 aliphatic heterocycles.